The first-order valence-corrected chi connectivity index (χ1v) is 5.79. The highest BCUT2D eigenvalue weighted by molar-refractivity contribution is 6.30. The van der Waals surface area contributed by atoms with Gasteiger partial charge >= 0.3 is 0 Å². The Morgan fingerprint density at radius 3 is 3.00 bits per heavy atom. The molecular weight excluding hydrogens is 224 g/mol. The zero-order chi connectivity index (χ0) is 11.6. The lowest BCUT2D eigenvalue weighted by molar-refractivity contribution is -0.119. The number of hydrogen-bond acceptors (Lipinski definition) is 2. The zero-order valence-corrected chi connectivity index (χ0v) is 10.1. The molecule has 1 aromatic rings. The standard InChI is InChI=1S/C13H15ClO2/c1-16-9-13(8-15)5-4-10-6-12(14)3-2-11(10)7-13/h2-3,6,8H,4-5,7,9H2,1H3. The smallest absolute Gasteiger partial charge is 0.128 e. The van der Waals surface area contributed by atoms with Crippen LogP contribution in [0.2, 0.25) is 5.02 Å². The van der Waals surface area contributed by atoms with E-state index in [9.17, 15) is 4.79 Å². The summed E-state index contributed by atoms with van der Waals surface area (Å²) in [5, 5.41) is 0.768. The molecule has 0 saturated carbocycles. The Kier molecular flexibility index (Phi) is 3.31. The van der Waals surface area contributed by atoms with Gasteiger partial charge in [-0.15, -0.1) is 0 Å². The Morgan fingerprint density at radius 2 is 2.31 bits per heavy atom. The average molecular weight is 239 g/mol. The van der Waals surface area contributed by atoms with Gasteiger partial charge in [0.1, 0.15) is 6.29 Å². The summed E-state index contributed by atoms with van der Waals surface area (Å²) in [5.41, 5.74) is 2.15. The third-order valence-electron chi connectivity index (χ3n) is 3.28. The van der Waals surface area contributed by atoms with Crippen molar-refractivity contribution in [2.24, 2.45) is 5.41 Å². The van der Waals surface area contributed by atoms with Gasteiger partial charge in [-0.1, -0.05) is 17.7 Å². The lowest BCUT2D eigenvalue weighted by Crippen LogP contribution is -2.34. The van der Waals surface area contributed by atoms with Gasteiger partial charge < -0.3 is 9.53 Å². The SMILES string of the molecule is COCC1(C=O)CCc2cc(Cl)ccc2C1. The first kappa shape index (κ1) is 11.6. The van der Waals surface area contributed by atoms with E-state index in [1.165, 1.54) is 11.1 Å². The number of fused-ring (bicyclic) bond motifs is 1. The molecule has 0 spiro atoms. The van der Waals surface area contributed by atoms with Crippen LogP contribution in [-0.4, -0.2) is 20.0 Å². The van der Waals surface area contributed by atoms with Gasteiger partial charge in [-0.05, 0) is 42.5 Å². The summed E-state index contributed by atoms with van der Waals surface area (Å²) in [6, 6.07) is 5.90. The van der Waals surface area contributed by atoms with E-state index < -0.39 is 0 Å². The Hall–Kier alpha value is -0.860. The fraction of sp³-hybridized carbons (Fsp3) is 0.462. The number of halogens is 1. The molecule has 1 aromatic carbocycles. The van der Waals surface area contributed by atoms with Crippen molar-refractivity contribution in [1.82, 2.24) is 0 Å². The molecule has 1 aliphatic rings. The Balaban J connectivity index is 2.28. The van der Waals surface area contributed by atoms with E-state index in [4.69, 9.17) is 16.3 Å². The van der Waals surface area contributed by atoms with Crippen LogP contribution in [0.25, 0.3) is 0 Å². The van der Waals surface area contributed by atoms with Crippen molar-refractivity contribution in [2.45, 2.75) is 19.3 Å². The van der Waals surface area contributed by atoms with Crippen LogP contribution in [0.1, 0.15) is 17.5 Å². The van der Waals surface area contributed by atoms with E-state index in [-0.39, 0.29) is 5.41 Å². The fourth-order valence-electron chi connectivity index (χ4n) is 2.40. The second kappa shape index (κ2) is 4.56. The van der Waals surface area contributed by atoms with Gasteiger partial charge in [0.05, 0.1) is 12.0 Å². The van der Waals surface area contributed by atoms with E-state index in [0.717, 1.165) is 30.6 Å². The summed E-state index contributed by atoms with van der Waals surface area (Å²) in [6.07, 6.45) is 3.56. The number of methoxy groups -OCH3 is 1. The van der Waals surface area contributed by atoms with E-state index in [0.29, 0.717) is 6.61 Å². The van der Waals surface area contributed by atoms with E-state index in [1.54, 1.807) is 7.11 Å². The molecule has 0 saturated heterocycles. The number of rotatable bonds is 3. The monoisotopic (exact) mass is 238 g/mol. The van der Waals surface area contributed by atoms with Crippen molar-refractivity contribution in [3.05, 3.63) is 34.3 Å². The predicted octanol–water partition coefficient (Wildman–Crippen LogP) is 2.66. The average Bonchev–Trinajstić information content (AvgIpc) is 2.30. The molecule has 0 N–H and O–H groups in total. The van der Waals surface area contributed by atoms with Crippen molar-refractivity contribution in [3.8, 4) is 0 Å². The maximum atomic E-state index is 11.2. The highest BCUT2D eigenvalue weighted by atomic mass is 35.5. The van der Waals surface area contributed by atoms with Crippen molar-refractivity contribution in [1.29, 1.82) is 0 Å². The van der Waals surface area contributed by atoms with Gasteiger partial charge in [-0.2, -0.15) is 0 Å². The molecular formula is C13H15ClO2. The van der Waals surface area contributed by atoms with E-state index in [1.807, 2.05) is 18.2 Å². The minimum atomic E-state index is -0.338. The van der Waals surface area contributed by atoms with Crippen LogP contribution in [0.4, 0.5) is 0 Å². The second-order valence-corrected chi connectivity index (χ2v) is 4.94. The van der Waals surface area contributed by atoms with Crippen LogP contribution in [-0.2, 0) is 22.4 Å². The van der Waals surface area contributed by atoms with Gasteiger partial charge in [0, 0.05) is 12.1 Å². The fourth-order valence-corrected chi connectivity index (χ4v) is 2.59. The van der Waals surface area contributed by atoms with Crippen molar-refractivity contribution >= 4 is 17.9 Å². The lowest BCUT2D eigenvalue weighted by atomic mass is 9.73. The van der Waals surface area contributed by atoms with Crippen molar-refractivity contribution in [3.63, 3.8) is 0 Å². The quantitative estimate of drug-likeness (QED) is 0.757. The minimum absolute atomic E-state index is 0.338. The number of carbonyl (C=O) groups excluding carboxylic acids is 1. The van der Waals surface area contributed by atoms with Gasteiger partial charge in [-0.25, -0.2) is 0 Å². The molecule has 0 radical (unpaired) electrons. The van der Waals surface area contributed by atoms with Crippen LogP contribution in [0.3, 0.4) is 0 Å². The molecule has 86 valence electrons. The third kappa shape index (κ3) is 2.13. The Labute approximate surface area is 101 Å². The van der Waals surface area contributed by atoms with Crippen LogP contribution in [0.5, 0.6) is 0 Å². The number of aryl methyl sites for hydroxylation is 1. The zero-order valence-electron chi connectivity index (χ0n) is 9.33. The maximum Gasteiger partial charge on any atom is 0.128 e. The molecule has 2 rings (SSSR count). The van der Waals surface area contributed by atoms with E-state index in [2.05, 4.69) is 0 Å². The molecule has 1 atom stereocenters. The Morgan fingerprint density at radius 1 is 1.50 bits per heavy atom. The van der Waals surface area contributed by atoms with Crippen LogP contribution < -0.4 is 0 Å². The largest absolute Gasteiger partial charge is 0.384 e. The van der Waals surface area contributed by atoms with Gasteiger partial charge in [0.15, 0.2) is 0 Å². The number of benzene rings is 1. The molecule has 0 aliphatic heterocycles. The summed E-state index contributed by atoms with van der Waals surface area (Å²) >= 11 is 5.95. The molecule has 3 heteroatoms. The first-order valence-electron chi connectivity index (χ1n) is 5.42. The third-order valence-corrected chi connectivity index (χ3v) is 3.52. The molecule has 0 bridgehead atoms. The first-order chi connectivity index (χ1) is 7.69. The van der Waals surface area contributed by atoms with Crippen molar-refractivity contribution < 1.29 is 9.53 Å². The van der Waals surface area contributed by atoms with Crippen LogP contribution in [0.15, 0.2) is 18.2 Å². The number of hydrogen-bond donors (Lipinski definition) is 0. The minimum Gasteiger partial charge on any atom is -0.384 e. The number of aldehydes is 1. The lowest BCUT2D eigenvalue weighted by Gasteiger charge is -2.32. The normalized spacial score (nSPS) is 23.9. The van der Waals surface area contributed by atoms with Crippen molar-refractivity contribution in [2.75, 3.05) is 13.7 Å². The molecule has 1 unspecified atom stereocenters. The summed E-state index contributed by atoms with van der Waals surface area (Å²) in [5.74, 6) is 0. The summed E-state index contributed by atoms with van der Waals surface area (Å²) < 4.78 is 5.16. The molecule has 2 nitrogen and oxygen atoms in total. The second-order valence-electron chi connectivity index (χ2n) is 4.50. The topological polar surface area (TPSA) is 26.3 Å². The van der Waals surface area contributed by atoms with Crippen LogP contribution in [0, 0.1) is 5.41 Å². The highest BCUT2D eigenvalue weighted by Gasteiger charge is 2.34. The summed E-state index contributed by atoms with van der Waals surface area (Å²) in [4.78, 5) is 11.2. The van der Waals surface area contributed by atoms with Crippen LogP contribution >= 0.6 is 11.6 Å². The number of carbonyl (C=O) groups is 1. The van der Waals surface area contributed by atoms with Gasteiger partial charge in [0.25, 0.3) is 0 Å². The molecule has 1 aliphatic carbocycles. The van der Waals surface area contributed by atoms with Gasteiger partial charge in [-0.3, -0.25) is 0 Å². The molecule has 16 heavy (non-hydrogen) atoms. The van der Waals surface area contributed by atoms with Gasteiger partial charge in [0.2, 0.25) is 0 Å². The highest BCUT2D eigenvalue weighted by Crippen LogP contribution is 2.35. The summed E-state index contributed by atoms with van der Waals surface area (Å²) in [7, 11) is 1.64. The predicted molar refractivity (Wildman–Crippen MR) is 63.9 cm³/mol. The molecule has 0 fully saturated rings. The number of ether oxygens (including phenoxy) is 1. The molecule has 0 amide bonds. The molecule has 0 heterocycles. The van der Waals surface area contributed by atoms with E-state index >= 15 is 0 Å². The summed E-state index contributed by atoms with van der Waals surface area (Å²) in [6.45, 7) is 0.499. The molecule has 0 aromatic heterocycles. The maximum absolute atomic E-state index is 11.2. The Bertz CT molecular complexity index is 403.